The molecular formula is C22H36O2. The summed E-state index contributed by atoms with van der Waals surface area (Å²) in [6.07, 6.45) is 11.7. The lowest BCUT2D eigenvalue weighted by atomic mass is 9.47. The monoisotopic (exact) mass is 332 g/mol. The number of rotatable bonds is 1. The number of aliphatic hydroxyl groups is 2. The Labute approximate surface area is 147 Å². The Kier molecular flexibility index (Phi) is 3.80. The zero-order valence-electron chi connectivity index (χ0n) is 16.0. The predicted octanol–water partition coefficient (Wildman–Crippen LogP) is 4.70. The van der Waals surface area contributed by atoms with E-state index < -0.39 is 5.60 Å². The van der Waals surface area contributed by atoms with Crippen molar-refractivity contribution in [3.63, 3.8) is 0 Å². The summed E-state index contributed by atoms with van der Waals surface area (Å²) in [5.74, 6) is 2.62. The van der Waals surface area contributed by atoms with Gasteiger partial charge in [0.2, 0.25) is 0 Å². The van der Waals surface area contributed by atoms with Gasteiger partial charge in [-0.1, -0.05) is 25.5 Å². The molecule has 0 spiro atoms. The second kappa shape index (κ2) is 5.33. The van der Waals surface area contributed by atoms with Crippen molar-refractivity contribution in [3.8, 4) is 0 Å². The van der Waals surface area contributed by atoms with E-state index in [-0.39, 0.29) is 6.10 Å². The van der Waals surface area contributed by atoms with Gasteiger partial charge in [-0.05, 0) is 99.7 Å². The van der Waals surface area contributed by atoms with Crippen LogP contribution in [0.1, 0.15) is 79.1 Å². The first kappa shape index (κ1) is 17.1. The van der Waals surface area contributed by atoms with Crippen LogP contribution in [0, 0.1) is 34.5 Å². The molecule has 0 radical (unpaired) electrons. The number of allylic oxidation sites excluding steroid dienone is 2. The molecule has 0 saturated heterocycles. The zero-order chi connectivity index (χ0) is 17.3. The van der Waals surface area contributed by atoms with Crippen LogP contribution in [-0.2, 0) is 0 Å². The minimum Gasteiger partial charge on any atom is -0.393 e. The molecule has 0 heterocycles. The van der Waals surface area contributed by atoms with E-state index in [1.54, 1.807) is 5.57 Å². The molecule has 3 saturated carbocycles. The number of hydrogen-bond donors (Lipinski definition) is 2. The van der Waals surface area contributed by atoms with Gasteiger partial charge in [0, 0.05) is 0 Å². The zero-order valence-corrected chi connectivity index (χ0v) is 16.0. The van der Waals surface area contributed by atoms with Crippen LogP contribution < -0.4 is 0 Å². The van der Waals surface area contributed by atoms with Crippen molar-refractivity contribution < 1.29 is 10.2 Å². The summed E-state index contributed by atoms with van der Waals surface area (Å²) in [4.78, 5) is 0. The van der Waals surface area contributed by atoms with E-state index in [0.29, 0.717) is 22.7 Å². The largest absolute Gasteiger partial charge is 0.393 e. The maximum Gasteiger partial charge on any atom is 0.0623 e. The van der Waals surface area contributed by atoms with Gasteiger partial charge in [-0.3, -0.25) is 0 Å². The third-order valence-electron chi connectivity index (χ3n) is 8.97. The highest BCUT2D eigenvalue weighted by molar-refractivity contribution is 5.29. The van der Waals surface area contributed by atoms with Crippen molar-refractivity contribution in [2.75, 3.05) is 0 Å². The standard InChI is InChI=1S/C22H36O2/c1-14(23)17-7-8-18-16-6-5-15-13-20(2,24)11-12-21(15,3)19(16)9-10-22(17,18)4/h9,14-18,23-24H,5-8,10-13H2,1-4H3/t14?,15-,16?,17+,18-,20+,21-,22+/m0/s1. The van der Waals surface area contributed by atoms with Crippen LogP contribution >= 0.6 is 0 Å². The molecule has 4 rings (SSSR count). The fourth-order valence-electron chi connectivity index (χ4n) is 7.53. The van der Waals surface area contributed by atoms with E-state index in [9.17, 15) is 10.2 Å². The summed E-state index contributed by atoms with van der Waals surface area (Å²) >= 11 is 0. The van der Waals surface area contributed by atoms with Crippen molar-refractivity contribution in [1.82, 2.24) is 0 Å². The van der Waals surface area contributed by atoms with E-state index in [0.717, 1.165) is 37.5 Å². The third kappa shape index (κ3) is 2.28. The Morgan fingerprint density at radius 2 is 1.83 bits per heavy atom. The molecule has 0 aliphatic heterocycles. The van der Waals surface area contributed by atoms with Gasteiger partial charge >= 0.3 is 0 Å². The van der Waals surface area contributed by atoms with Gasteiger partial charge in [-0.15, -0.1) is 0 Å². The molecule has 24 heavy (non-hydrogen) atoms. The maximum atomic E-state index is 10.6. The maximum absolute atomic E-state index is 10.6. The Morgan fingerprint density at radius 3 is 2.54 bits per heavy atom. The Morgan fingerprint density at radius 1 is 1.08 bits per heavy atom. The molecule has 2 heteroatoms. The number of aliphatic hydroxyl groups excluding tert-OH is 1. The smallest absolute Gasteiger partial charge is 0.0623 e. The molecule has 0 aromatic rings. The molecular weight excluding hydrogens is 296 g/mol. The Hall–Kier alpha value is -0.340. The number of fused-ring (bicyclic) bond motifs is 5. The molecule has 4 aliphatic carbocycles. The van der Waals surface area contributed by atoms with E-state index >= 15 is 0 Å². The molecule has 136 valence electrons. The Bertz CT molecular complexity index is 548. The normalized spacial score (nSPS) is 55.2. The fraction of sp³-hybridized carbons (Fsp3) is 0.909. The van der Waals surface area contributed by atoms with Crippen molar-refractivity contribution in [3.05, 3.63) is 11.6 Å². The molecule has 0 aromatic carbocycles. The first-order chi connectivity index (χ1) is 11.2. The third-order valence-corrected chi connectivity index (χ3v) is 8.97. The van der Waals surface area contributed by atoms with Gasteiger partial charge in [0.05, 0.1) is 11.7 Å². The van der Waals surface area contributed by atoms with Gasteiger partial charge in [0.25, 0.3) is 0 Å². The van der Waals surface area contributed by atoms with Gasteiger partial charge in [-0.25, -0.2) is 0 Å². The van der Waals surface area contributed by atoms with Crippen LogP contribution in [0.5, 0.6) is 0 Å². The van der Waals surface area contributed by atoms with Crippen molar-refractivity contribution in [2.24, 2.45) is 34.5 Å². The van der Waals surface area contributed by atoms with Gasteiger partial charge < -0.3 is 10.2 Å². The average molecular weight is 333 g/mol. The van der Waals surface area contributed by atoms with Crippen LogP contribution in [0.4, 0.5) is 0 Å². The van der Waals surface area contributed by atoms with E-state index in [1.165, 1.54) is 25.7 Å². The highest BCUT2D eigenvalue weighted by Crippen LogP contribution is 2.66. The summed E-state index contributed by atoms with van der Waals surface area (Å²) < 4.78 is 0. The second-order valence-electron chi connectivity index (χ2n) is 10.4. The summed E-state index contributed by atoms with van der Waals surface area (Å²) in [6, 6.07) is 0. The van der Waals surface area contributed by atoms with Crippen molar-refractivity contribution in [1.29, 1.82) is 0 Å². The lowest BCUT2D eigenvalue weighted by Gasteiger charge is -2.58. The Balaban J connectivity index is 1.66. The SMILES string of the molecule is CC(O)[C@H]1CC[C@H]2C3CC[C@H]4C[C@](C)(O)CC[C@]4(C)C3=CC[C@]12C. The molecule has 0 bridgehead atoms. The summed E-state index contributed by atoms with van der Waals surface area (Å²) in [5.41, 5.74) is 1.90. The molecule has 2 N–H and O–H groups in total. The summed E-state index contributed by atoms with van der Waals surface area (Å²) in [6.45, 7) is 8.98. The molecule has 0 aromatic heterocycles. The van der Waals surface area contributed by atoms with Gasteiger partial charge in [0.15, 0.2) is 0 Å². The highest BCUT2D eigenvalue weighted by atomic mass is 16.3. The van der Waals surface area contributed by atoms with Gasteiger partial charge in [0.1, 0.15) is 0 Å². The molecule has 0 amide bonds. The topological polar surface area (TPSA) is 40.5 Å². The quantitative estimate of drug-likeness (QED) is 0.683. The lowest BCUT2D eigenvalue weighted by molar-refractivity contribution is -0.0664. The molecule has 2 nitrogen and oxygen atoms in total. The van der Waals surface area contributed by atoms with E-state index in [2.05, 4.69) is 19.9 Å². The fourth-order valence-corrected chi connectivity index (χ4v) is 7.53. The van der Waals surface area contributed by atoms with E-state index in [4.69, 9.17) is 0 Å². The minimum absolute atomic E-state index is 0.174. The van der Waals surface area contributed by atoms with Crippen LogP contribution in [0.15, 0.2) is 11.6 Å². The van der Waals surface area contributed by atoms with Crippen LogP contribution in [0.25, 0.3) is 0 Å². The summed E-state index contributed by atoms with van der Waals surface area (Å²) in [7, 11) is 0. The van der Waals surface area contributed by atoms with Crippen LogP contribution in [-0.4, -0.2) is 21.9 Å². The van der Waals surface area contributed by atoms with E-state index in [1.807, 2.05) is 13.8 Å². The number of hydrogen-bond acceptors (Lipinski definition) is 2. The lowest BCUT2D eigenvalue weighted by Crippen LogP contribution is -2.51. The first-order valence-electron chi connectivity index (χ1n) is 10.3. The molecule has 8 atom stereocenters. The van der Waals surface area contributed by atoms with Crippen LogP contribution in [0.2, 0.25) is 0 Å². The molecule has 4 aliphatic rings. The van der Waals surface area contributed by atoms with Crippen LogP contribution in [0.3, 0.4) is 0 Å². The molecule has 3 fully saturated rings. The summed E-state index contributed by atoms with van der Waals surface area (Å²) in [5, 5.41) is 20.9. The average Bonchev–Trinajstić information content (AvgIpc) is 2.85. The second-order valence-corrected chi connectivity index (χ2v) is 10.4. The van der Waals surface area contributed by atoms with Gasteiger partial charge in [-0.2, -0.15) is 0 Å². The van der Waals surface area contributed by atoms with Crippen molar-refractivity contribution >= 4 is 0 Å². The highest BCUT2D eigenvalue weighted by Gasteiger charge is 2.58. The van der Waals surface area contributed by atoms with Crippen molar-refractivity contribution in [2.45, 2.75) is 90.8 Å². The molecule has 2 unspecified atom stereocenters. The first-order valence-corrected chi connectivity index (χ1v) is 10.3. The minimum atomic E-state index is -0.453. The predicted molar refractivity (Wildman–Crippen MR) is 97.5 cm³/mol.